The van der Waals surface area contributed by atoms with Crippen LogP contribution < -0.4 is 10.1 Å². The summed E-state index contributed by atoms with van der Waals surface area (Å²) in [4.78, 5) is 12.7. The molecule has 22 heavy (non-hydrogen) atoms. The molecule has 1 atom stereocenters. The Hall–Kier alpha value is -2.13. The molecule has 2 aromatic carbocycles. The van der Waals surface area contributed by atoms with Crippen LogP contribution in [0.2, 0.25) is 0 Å². The predicted octanol–water partition coefficient (Wildman–Crippen LogP) is 3.30. The first-order chi connectivity index (χ1) is 10.6. The molecular formula is C19H21NO2. The Labute approximate surface area is 131 Å². The molecule has 0 fully saturated rings. The normalized spacial score (nSPS) is 19.4. The molecule has 0 amide bonds. The second kappa shape index (κ2) is 5.93. The Balaban J connectivity index is 1.75. The molecule has 0 saturated heterocycles. The molecule has 3 heteroatoms. The van der Waals surface area contributed by atoms with Gasteiger partial charge in [-0.25, -0.2) is 0 Å². The van der Waals surface area contributed by atoms with E-state index < -0.39 is 5.60 Å². The van der Waals surface area contributed by atoms with Gasteiger partial charge in [0.05, 0.1) is 6.04 Å². The lowest BCUT2D eigenvalue weighted by Gasteiger charge is -2.36. The number of para-hydroxylation sites is 1. The number of carbonyl (C=O) groups excluding carboxylic acids is 1. The van der Waals surface area contributed by atoms with Crippen LogP contribution in [0.3, 0.4) is 0 Å². The fourth-order valence-electron chi connectivity index (χ4n) is 2.83. The van der Waals surface area contributed by atoms with E-state index in [9.17, 15) is 4.79 Å². The van der Waals surface area contributed by atoms with E-state index in [1.807, 2.05) is 56.3 Å². The van der Waals surface area contributed by atoms with Gasteiger partial charge in [-0.05, 0) is 31.9 Å². The zero-order valence-corrected chi connectivity index (χ0v) is 13.0. The zero-order chi connectivity index (χ0) is 15.6. The summed E-state index contributed by atoms with van der Waals surface area (Å²) in [6.45, 7) is 4.42. The van der Waals surface area contributed by atoms with Crippen molar-refractivity contribution < 1.29 is 9.53 Å². The SMILES string of the molecule is CC1(C)Oc2ccccc2C(NCCc2ccccc2)C1=O. The van der Waals surface area contributed by atoms with Crippen LogP contribution in [0.4, 0.5) is 0 Å². The van der Waals surface area contributed by atoms with Crippen LogP contribution in [0.5, 0.6) is 5.75 Å². The minimum atomic E-state index is -0.793. The van der Waals surface area contributed by atoms with Crippen molar-refractivity contribution in [1.29, 1.82) is 0 Å². The maximum atomic E-state index is 12.7. The van der Waals surface area contributed by atoms with Gasteiger partial charge in [-0.1, -0.05) is 48.5 Å². The number of Topliss-reactive ketones (excluding diaryl/α,β-unsaturated/α-hetero) is 1. The number of fused-ring (bicyclic) bond motifs is 1. The number of nitrogens with one attached hydrogen (secondary N) is 1. The number of ketones is 1. The number of hydrogen-bond donors (Lipinski definition) is 1. The molecule has 0 aromatic heterocycles. The first kappa shape index (κ1) is 14.8. The number of rotatable bonds is 4. The summed E-state index contributed by atoms with van der Waals surface area (Å²) in [7, 11) is 0. The minimum absolute atomic E-state index is 0.0826. The average Bonchev–Trinajstić information content (AvgIpc) is 2.52. The van der Waals surface area contributed by atoms with Crippen LogP contribution in [0.25, 0.3) is 0 Å². The fourth-order valence-corrected chi connectivity index (χ4v) is 2.83. The standard InChI is InChI=1S/C19H21NO2/c1-19(2)18(21)17(15-10-6-7-11-16(15)22-19)20-13-12-14-8-4-3-5-9-14/h3-11,17,20H,12-13H2,1-2H3. The van der Waals surface area contributed by atoms with E-state index in [-0.39, 0.29) is 11.8 Å². The smallest absolute Gasteiger partial charge is 0.197 e. The Morgan fingerprint density at radius 2 is 1.73 bits per heavy atom. The van der Waals surface area contributed by atoms with Crippen molar-refractivity contribution in [3.63, 3.8) is 0 Å². The maximum absolute atomic E-state index is 12.7. The van der Waals surface area contributed by atoms with Gasteiger partial charge in [0.1, 0.15) is 5.75 Å². The number of hydrogen-bond acceptors (Lipinski definition) is 3. The van der Waals surface area contributed by atoms with E-state index in [1.54, 1.807) is 0 Å². The van der Waals surface area contributed by atoms with Crippen molar-refractivity contribution in [3.8, 4) is 5.75 Å². The molecule has 0 aliphatic carbocycles. The molecule has 0 bridgehead atoms. The van der Waals surface area contributed by atoms with Crippen molar-refractivity contribution >= 4 is 5.78 Å². The minimum Gasteiger partial charge on any atom is -0.480 e. The third kappa shape index (κ3) is 2.90. The Morgan fingerprint density at radius 3 is 2.50 bits per heavy atom. The fraction of sp³-hybridized carbons (Fsp3) is 0.316. The Kier molecular flexibility index (Phi) is 3.99. The van der Waals surface area contributed by atoms with Crippen LogP contribution in [-0.4, -0.2) is 17.9 Å². The second-order valence-corrected chi connectivity index (χ2v) is 6.14. The predicted molar refractivity (Wildman–Crippen MR) is 87.0 cm³/mol. The number of ether oxygens (including phenoxy) is 1. The van der Waals surface area contributed by atoms with Gasteiger partial charge in [0, 0.05) is 12.1 Å². The molecule has 1 N–H and O–H groups in total. The zero-order valence-electron chi connectivity index (χ0n) is 13.0. The molecule has 2 aromatic rings. The first-order valence-electron chi connectivity index (χ1n) is 7.67. The van der Waals surface area contributed by atoms with Crippen molar-refractivity contribution in [2.45, 2.75) is 31.9 Å². The lowest BCUT2D eigenvalue weighted by Crippen LogP contribution is -2.49. The highest BCUT2D eigenvalue weighted by atomic mass is 16.5. The molecule has 0 saturated carbocycles. The van der Waals surface area contributed by atoms with Gasteiger partial charge >= 0.3 is 0 Å². The quantitative estimate of drug-likeness (QED) is 0.940. The van der Waals surface area contributed by atoms with E-state index >= 15 is 0 Å². The van der Waals surface area contributed by atoms with Gasteiger partial charge in [-0.3, -0.25) is 4.79 Å². The van der Waals surface area contributed by atoms with Crippen LogP contribution >= 0.6 is 0 Å². The molecule has 1 aliphatic rings. The second-order valence-electron chi connectivity index (χ2n) is 6.14. The van der Waals surface area contributed by atoms with Crippen molar-refractivity contribution in [2.75, 3.05) is 6.54 Å². The van der Waals surface area contributed by atoms with Gasteiger partial charge < -0.3 is 10.1 Å². The van der Waals surface area contributed by atoms with Gasteiger partial charge in [0.25, 0.3) is 0 Å². The number of carbonyl (C=O) groups is 1. The van der Waals surface area contributed by atoms with Crippen LogP contribution in [0.1, 0.15) is 31.0 Å². The third-order valence-corrected chi connectivity index (χ3v) is 4.06. The lowest BCUT2D eigenvalue weighted by molar-refractivity contribution is -0.136. The van der Waals surface area contributed by atoms with Crippen molar-refractivity contribution in [3.05, 3.63) is 65.7 Å². The Bertz CT molecular complexity index is 664. The summed E-state index contributed by atoms with van der Waals surface area (Å²) in [6, 6.07) is 17.8. The molecule has 114 valence electrons. The molecule has 1 aliphatic heterocycles. The van der Waals surface area contributed by atoms with Crippen molar-refractivity contribution in [1.82, 2.24) is 5.32 Å². The molecule has 3 nitrogen and oxygen atoms in total. The summed E-state index contributed by atoms with van der Waals surface area (Å²) in [6.07, 6.45) is 0.897. The van der Waals surface area contributed by atoms with Gasteiger partial charge in [0.2, 0.25) is 0 Å². The van der Waals surface area contributed by atoms with Crippen LogP contribution in [-0.2, 0) is 11.2 Å². The monoisotopic (exact) mass is 295 g/mol. The summed E-state index contributed by atoms with van der Waals surface area (Å²) in [5.41, 5.74) is 1.40. The molecule has 0 radical (unpaired) electrons. The van der Waals surface area contributed by atoms with Crippen LogP contribution in [0, 0.1) is 0 Å². The molecule has 1 unspecified atom stereocenters. The summed E-state index contributed by atoms with van der Waals surface area (Å²) < 4.78 is 5.84. The molecular weight excluding hydrogens is 274 g/mol. The molecule has 0 spiro atoms. The average molecular weight is 295 g/mol. The largest absolute Gasteiger partial charge is 0.480 e. The third-order valence-electron chi connectivity index (χ3n) is 4.06. The van der Waals surface area contributed by atoms with E-state index in [0.717, 1.165) is 24.3 Å². The highest BCUT2D eigenvalue weighted by Gasteiger charge is 2.41. The molecule has 3 rings (SSSR count). The lowest BCUT2D eigenvalue weighted by atomic mass is 9.88. The van der Waals surface area contributed by atoms with E-state index in [4.69, 9.17) is 4.74 Å². The highest BCUT2D eigenvalue weighted by molar-refractivity contribution is 5.94. The van der Waals surface area contributed by atoms with Crippen molar-refractivity contribution in [2.24, 2.45) is 0 Å². The Morgan fingerprint density at radius 1 is 1.05 bits per heavy atom. The van der Waals surface area contributed by atoms with Gasteiger partial charge in [0.15, 0.2) is 11.4 Å². The summed E-state index contributed by atoms with van der Waals surface area (Å²) in [5.74, 6) is 0.878. The van der Waals surface area contributed by atoms with Gasteiger partial charge in [-0.15, -0.1) is 0 Å². The maximum Gasteiger partial charge on any atom is 0.197 e. The van der Waals surface area contributed by atoms with E-state index in [1.165, 1.54) is 5.56 Å². The van der Waals surface area contributed by atoms with E-state index in [0.29, 0.717) is 0 Å². The topological polar surface area (TPSA) is 38.3 Å². The summed E-state index contributed by atoms with van der Waals surface area (Å²) in [5, 5.41) is 3.40. The molecule has 1 heterocycles. The van der Waals surface area contributed by atoms with E-state index in [2.05, 4.69) is 17.4 Å². The summed E-state index contributed by atoms with van der Waals surface area (Å²) >= 11 is 0. The highest BCUT2D eigenvalue weighted by Crippen LogP contribution is 2.36. The van der Waals surface area contributed by atoms with Crippen LogP contribution in [0.15, 0.2) is 54.6 Å². The first-order valence-corrected chi connectivity index (χ1v) is 7.67. The number of benzene rings is 2. The van der Waals surface area contributed by atoms with Gasteiger partial charge in [-0.2, -0.15) is 0 Å².